The summed E-state index contributed by atoms with van der Waals surface area (Å²) in [6, 6.07) is 7.89. The molecule has 5 heteroatoms. The number of amides is 2. The summed E-state index contributed by atoms with van der Waals surface area (Å²) in [6.45, 7) is 0. The molecule has 0 radical (unpaired) electrons. The van der Waals surface area contributed by atoms with Crippen molar-refractivity contribution < 1.29 is 14.7 Å². The van der Waals surface area contributed by atoms with Gasteiger partial charge in [0.2, 0.25) is 0 Å². The molecule has 0 heterocycles. The monoisotopic (exact) mass is 286 g/mol. The van der Waals surface area contributed by atoms with Gasteiger partial charge >= 0.3 is 12.0 Å². The van der Waals surface area contributed by atoms with E-state index in [9.17, 15) is 9.59 Å². The Balaban J connectivity index is 1.48. The van der Waals surface area contributed by atoms with Gasteiger partial charge in [0.05, 0.1) is 12.0 Å². The molecule has 110 valence electrons. The van der Waals surface area contributed by atoms with Crippen LogP contribution < -0.4 is 10.6 Å². The lowest BCUT2D eigenvalue weighted by Gasteiger charge is -2.16. The van der Waals surface area contributed by atoms with Crippen molar-refractivity contribution in [3.05, 3.63) is 47.5 Å². The number of carboxylic acids is 1. The molecule has 5 nitrogen and oxygen atoms in total. The van der Waals surface area contributed by atoms with Gasteiger partial charge in [-0.15, -0.1) is 0 Å². The van der Waals surface area contributed by atoms with Gasteiger partial charge < -0.3 is 15.7 Å². The fourth-order valence-corrected chi connectivity index (χ4v) is 3.05. The van der Waals surface area contributed by atoms with Gasteiger partial charge in [0, 0.05) is 6.04 Å². The van der Waals surface area contributed by atoms with Gasteiger partial charge in [0.1, 0.15) is 0 Å². The number of nitrogens with one attached hydrogen (secondary N) is 2. The standard InChI is InChI=1S/C16H18N2O3/c19-15(20)12-5-6-13(9-12)17-16(21)18-14-7-10-3-1-2-4-11(10)8-14/h1-6,12-14H,7-9H2,(H,19,20)(H2,17,18,21). The number of urea groups is 1. The zero-order chi connectivity index (χ0) is 14.8. The van der Waals surface area contributed by atoms with Crippen LogP contribution in [0.2, 0.25) is 0 Å². The number of carboxylic acid groups (broad SMARTS) is 1. The van der Waals surface area contributed by atoms with Gasteiger partial charge in [-0.25, -0.2) is 4.79 Å². The third-order valence-corrected chi connectivity index (χ3v) is 4.10. The minimum Gasteiger partial charge on any atom is -0.481 e. The van der Waals surface area contributed by atoms with Crippen molar-refractivity contribution in [2.24, 2.45) is 5.92 Å². The van der Waals surface area contributed by atoms with E-state index in [2.05, 4.69) is 22.8 Å². The molecule has 1 aromatic carbocycles. The minimum absolute atomic E-state index is 0.114. The Morgan fingerprint density at radius 2 is 1.71 bits per heavy atom. The zero-order valence-electron chi connectivity index (χ0n) is 11.6. The van der Waals surface area contributed by atoms with Gasteiger partial charge in [-0.2, -0.15) is 0 Å². The maximum absolute atomic E-state index is 12.0. The predicted molar refractivity (Wildman–Crippen MR) is 78.0 cm³/mol. The molecule has 21 heavy (non-hydrogen) atoms. The van der Waals surface area contributed by atoms with Crippen LogP contribution in [-0.4, -0.2) is 29.2 Å². The molecular weight excluding hydrogens is 268 g/mol. The maximum atomic E-state index is 12.0. The summed E-state index contributed by atoms with van der Waals surface area (Å²) in [5.41, 5.74) is 2.57. The summed E-state index contributed by atoms with van der Waals surface area (Å²) < 4.78 is 0. The van der Waals surface area contributed by atoms with Crippen LogP contribution in [0.5, 0.6) is 0 Å². The molecule has 0 saturated heterocycles. The number of carbonyl (C=O) groups is 2. The smallest absolute Gasteiger partial charge is 0.315 e. The quantitative estimate of drug-likeness (QED) is 0.736. The minimum atomic E-state index is -0.845. The van der Waals surface area contributed by atoms with Crippen LogP contribution >= 0.6 is 0 Å². The van der Waals surface area contributed by atoms with Crippen LogP contribution in [0.15, 0.2) is 36.4 Å². The summed E-state index contributed by atoms with van der Waals surface area (Å²) >= 11 is 0. The highest BCUT2D eigenvalue weighted by molar-refractivity contribution is 5.76. The third-order valence-electron chi connectivity index (χ3n) is 4.10. The van der Waals surface area contributed by atoms with Crippen LogP contribution in [0, 0.1) is 5.92 Å². The van der Waals surface area contributed by atoms with E-state index >= 15 is 0 Å². The summed E-state index contributed by atoms with van der Waals surface area (Å²) in [4.78, 5) is 22.8. The first-order valence-corrected chi connectivity index (χ1v) is 7.17. The molecule has 2 aliphatic rings. The van der Waals surface area contributed by atoms with E-state index in [-0.39, 0.29) is 18.1 Å². The highest BCUT2D eigenvalue weighted by Crippen LogP contribution is 2.22. The molecule has 0 saturated carbocycles. The molecule has 2 amide bonds. The highest BCUT2D eigenvalue weighted by Gasteiger charge is 2.27. The van der Waals surface area contributed by atoms with Crippen molar-refractivity contribution in [2.45, 2.75) is 31.3 Å². The number of aliphatic carboxylic acids is 1. The second kappa shape index (κ2) is 5.60. The van der Waals surface area contributed by atoms with Crippen LogP contribution in [0.1, 0.15) is 17.5 Å². The topological polar surface area (TPSA) is 78.4 Å². The molecule has 2 unspecified atom stereocenters. The Kier molecular flexibility index (Phi) is 3.64. The number of fused-ring (bicyclic) bond motifs is 1. The van der Waals surface area contributed by atoms with Crippen molar-refractivity contribution in [1.82, 2.24) is 10.6 Å². The van der Waals surface area contributed by atoms with E-state index in [1.54, 1.807) is 12.2 Å². The summed E-state index contributed by atoms with van der Waals surface area (Å²) in [7, 11) is 0. The fourth-order valence-electron chi connectivity index (χ4n) is 3.05. The lowest BCUT2D eigenvalue weighted by Crippen LogP contribution is -2.45. The van der Waals surface area contributed by atoms with Crippen molar-refractivity contribution in [2.75, 3.05) is 0 Å². The lowest BCUT2D eigenvalue weighted by atomic mass is 10.1. The largest absolute Gasteiger partial charge is 0.481 e. The van der Waals surface area contributed by atoms with E-state index in [1.165, 1.54) is 11.1 Å². The number of hydrogen-bond donors (Lipinski definition) is 3. The Hall–Kier alpha value is -2.30. The molecule has 0 bridgehead atoms. The number of hydrogen-bond acceptors (Lipinski definition) is 2. The molecule has 1 aromatic rings. The average Bonchev–Trinajstić information content (AvgIpc) is 3.04. The Morgan fingerprint density at radius 1 is 1.05 bits per heavy atom. The van der Waals surface area contributed by atoms with E-state index in [0.717, 1.165) is 12.8 Å². The molecule has 3 N–H and O–H groups in total. The molecular formula is C16H18N2O3. The van der Waals surface area contributed by atoms with Gasteiger partial charge in [-0.1, -0.05) is 36.4 Å². The molecule has 0 aromatic heterocycles. The molecule has 0 aliphatic heterocycles. The van der Waals surface area contributed by atoms with E-state index in [4.69, 9.17) is 5.11 Å². The first kappa shape index (κ1) is 13.7. The van der Waals surface area contributed by atoms with Crippen molar-refractivity contribution in [1.29, 1.82) is 0 Å². The zero-order valence-corrected chi connectivity index (χ0v) is 11.6. The average molecular weight is 286 g/mol. The highest BCUT2D eigenvalue weighted by atomic mass is 16.4. The fraction of sp³-hybridized carbons (Fsp3) is 0.375. The number of rotatable bonds is 3. The van der Waals surface area contributed by atoms with Crippen LogP contribution in [0.25, 0.3) is 0 Å². The second-order valence-electron chi connectivity index (χ2n) is 5.66. The first-order valence-electron chi connectivity index (χ1n) is 7.17. The van der Waals surface area contributed by atoms with Gasteiger partial charge in [0.25, 0.3) is 0 Å². The molecule has 2 aliphatic carbocycles. The first-order chi connectivity index (χ1) is 10.1. The van der Waals surface area contributed by atoms with Crippen molar-refractivity contribution in [3.63, 3.8) is 0 Å². The second-order valence-corrected chi connectivity index (χ2v) is 5.66. The van der Waals surface area contributed by atoms with E-state index < -0.39 is 11.9 Å². The van der Waals surface area contributed by atoms with Gasteiger partial charge in [-0.3, -0.25) is 4.79 Å². The maximum Gasteiger partial charge on any atom is 0.315 e. The summed E-state index contributed by atoms with van der Waals surface area (Å²) in [5, 5.41) is 14.7. The molecule has 0 spiro atoms. The van der Waals surface area contributed by atoms with Crippen molar-refractivity contribution >= 4 is 12.0 Å². The number of carbonyl (C=O) groups excluding carboxylic acids is 1. The van der Waals surface area contributed by atoms with Gasteiger partial charge in [-0.05, 0) is 30.4 Å². The van der Waals surface area contributed by atoms with Crippen LogP contribution in [-0.2, 0) is 17.6 Å². The molecule has 3 rings (SSSR count). The third kappa shape index (κ3) is 3.07. The lowest BCUT2D eigenvalue weighted by molar-refractivity contribution is -0.140. The van der Waals surface area contributed by atoms with Crippen molar-refractivity contribution in [3.8, 4) is 0 Å². The molecule has 0 fully saturated rings. The Bertz CT molecular complexity index is 572. The van der Waals surface area contributed by atoms with Crippen LogP contribution in [0.4, 0.5) is 4.79 Å². The Morgan fingerprint density at radius 3 is 2.29 bits per heavy atom. The van der Waals surface area contributed by atoms with Crippen LogP contribution in [0.3, 0.4) is 0 Å². The van der Waals surface area contributed by atoms with Gasteiger partial charge in [0.15, 0.2) is 0 Å². The normalized spacial score (nSPS) is 23.8. The summed E-state index contributed by atoms with van der Waals surface area (Å²) in [6.07, 6.45) is 5.51. The van der Waals surface area contributed by atoms with E-state index in [1.807, 2.05) is 12.1 Å². The summed E-state index contributed by atoms with van der Waals surface area (Å²) in [5.74, 6) is -1.34. The Labute approximate surface area is 123 Å². The number of benzene rings is 1. The molecule has 2 atom stereocenters. The predicted octanol–water partition coefficient (Wildman–Crippen LogP) is 1.48. The SMILES string of the molecule is O=C(NC1C=CC(C(=O)O)C1)NC1Cc2ccccc2C1. The van der Waals surface area contributed by atoms with E-state index in [0.29, 0.717) is 6.42 Å².